The number of hydrogen-bond acceptors (Lipinski definition) is 2. The van der Waals surface area contributed by atoms with Crippen LogP contribution < -0.4 is 5.32 Å². The second-order valence-corrected chi connectivity index (χ2v) is 3.54. The van der Waals surface area contributed by atoms with Gasteiger partial charge in [0.05, 0.1) is 12.5 Å². The van der Waals surface area contributed by atoms with Crippen LogP contribution >= 0.6 is 0 Å². The van der Waals surface area contributed by atoms with E-state index in [-0.39, 0.29) is 18.5 Å². The summed E-state index contributed by atoms with van der Waals surface area (Å²) in [7, 11) is 0. The molecule has 2 amide bonds. The van der Waals surface area contributed by atoms with Crippen LogP contribution in [0.2, 0.25) is 0 Å². The molecule has 1 rings (SSSR count). The van der Waals surface area contributed by atoms with Gasteiger partial charge >= 0.3 is 12.0 Å². The van der Waals surface area contributed by atoms with Crippen LogP contribution in [-0.4, -0.2) is 41.1 Å². The van der Waals surface area contributed by atoms with Gasteiger partial charge in [-0.05, 0) is 6.42 Å². The minimum absolute atomic E-state index is 0.00830. The minimum Gasteiger partial charge on any atom is -0.481 e. The molecule has 0 bridgehead atoms. The van der Waals surface area contributed by atoms with Crippen molar-refractivity contribution in [1.82, 2.24) is 10.2 Å². The molecule has 1 heterocycles. The van der Waals surface area contributed by atoms with E-state index in [1.807, 2.05) is 0 Å². The first-order valence-corrected chi connectivity index (χ1v) is 4.90. The average Bonchev–Trinajstić information content (AvgIpc) is 2.41. The molecule has 5 heteroatoms. The van der Waals surface area contributed by atoms with E-state index in [2.05, 4.69) is 12.2 Å². The highest BCUT2D eigenvalue weighted by atomic mass is 16.4. The topological polar surface area (TPSA) is 69.6 Å². The van der Waals surface area contributed by atoms with Crippen molar-refractivity contribution < 1.29 is 14.7 Å². The van der Waals surface area contributed by atoms with Gasteiger partial charge in [-0.1, -0.05) is 13.3 Å². The molecule has 1 saturated heterocycles. The number of amides is 2. The summed E-state index contributed by atoms with van der Waals surface area (Å²) in [4.78, 5) is 23.4. The zero-order valence-electron chi connectivity index (χ0n) is 8.32. The summed E-state index contributed by atoms with van der Waals surface area (Å²) >= 11 is 0. The molecule has 1 atom stereocenters. The summed E-state index contributed by atoms with van der Waals surface area (Å²) in [5, 5.41) is 11.2. The molecule has 0 aliphatic carbocycles. The predicted octanol–water partition coefficient (Wildman–Crippen LogP) is 0.655. The quantitative estimate of drug-likeness (QED) is 0.684. The Bertz CT molecular complexity index is 230. The monoisotopic (exact) mass is 200 g/mol. The van der Waals surface area contributed by atoms with Crippen LogP contribution in [-0.2, 0) is 4.79 Å². The molecule has 0 spiro atoms. The number of urea groups is 1. The van der Waals surface area contributed by atoms with Gasteiger partial charge < -0.3 is 15.3 Å². The second kappa shape index (κ2) is 4.83. The van der Waals surface area contributed by atoms with Gasteiger partial charge in [-0.15, -0.1) is 0 Å². The maximum atomic E-state index is 11.3. The molecule has 1 unspecified atom stereocenters. The third-order valence-electron chi connectivity index (χ3n) is 2.26. The highest BCUT2D eigenvalue weighted by molar-refractivity contribution is 5.78. The molecule has 1 fully saturated rings. The molecule has 0 aromatic carbocycles. The number of carboxylic acids is 1. The lowest BCUT2D eigenvalue weighted by Gasteiger charge is -2.12. The third-order valence-corrected chi connectivity index (χ3v) is 2.26. The SMILES string of the molecule is CCCCN1CC(CC(=O)O)NC1=O. The molecule has 1 aliphatic rings. The largest absolute Gasteiger partial charge is 0.481 e. The van der Waals surface area contributed by atoms with E-state index >= 15 is 0 Å². The molecule has 0 aromatic rings. The molecule has 14 heavy (non-hydrogen) atoms. The Labute approximate surface area is 83.1 Å². The van der Waals surface area contributed by atoms with Crippen LogP contribution in [0.25, 0.3) is 0 Å². The van der Waals surface area contributed by atoms with Crippen LogP contribution in [0, 0.1) is 0 Å². The summed E-state index contributed by atoms with van der Waals surface area (Å²) in [5.74, 6) is -0.868. The van der Waals surface area contributed by atoms with Gasteiger partial charge in [-0.2, -0.15) is 0 Å². The normalized spacial score (nSPS) is 21.1. The lowest BCUT2D eigenvalue weighted by molar-refractivity contribution is -0.137. The van der Waals surface area contributed by atoms with Gasteiger partial charge in [0.15, 0.2) is 0 Å². The van der Waals surface area contributed by atoms with Gasteiger partial charge in [0.25, 0.3) is 0 Å². The molecule has 80 valence electrons. The molecular weight excluding hydrogens is 184 g/mol. The van der Waals surface area contributed by atoms with Gasteiger partial charge in [0, 0.05) is 13.1 Å². The standard InChI is InChI=1S/C9H16N2O3/c1-2-3-4-11-6-7(5-8(12)13)10-9(11)14/h7H,2-6H2,1H3,(H,10,14)(H,12,13). The Morgan fingerprint density at radius 1 is 1.71 bits per heavy atom. The number of unbranched alkanes of at least 4 members (excludes halogenated alkanes) is 1. The van der Waals surface area contributed by atoms with Crippen molar-refractivity contribution >= 4 is 12.0 Å². The summed E-state index contributed by atoms with van der Waals surface area (Å²) in [5.41, 5.74) is 0. The van der Waals surface area contributed by atoms with E-state index < -0.39 is 5.97 Å². The number of carboxylic acid groups (broad SMARTS) is 1. The maximum Gasteiger partial charge on any atom is 0.317 e. The van der Waals surface area contributed by atoms with E-state index in [0.29, 0.717) is 6.54 Å². The number of rotatable bonds is 5. The van der Waals surface area contributed by atoms with Crippen LogP contribution in [0.4, 0.5) is 4.79 Å². The van der Waals surface area contributed by atoms with E-state index in [9.17, 15) is 9.59 Å². The van der Waals surface area contributed by atoms with Gasteiger partial charge in [-0.3, -0.25) is 4.79 Å². The molecule has 2 N–H and O–H groups in total. The lowest BCUT2D eigenvalue weighted by atomic mass is 10.2. The number of aliphatic carboxylic acids is 1. The summed E-state index contributed by atoms with van der Waals surface area (Å²) in [6.45, 7) is 3.30. The first-order chi connectivity index (χ1) is 6.63. The summed E-state index contributed by atoms with van der Waals surface area (Å²) in [6, 6.07) is -0.360. The van der Waals surface area contributed by atoms with Crippen LogP contribution in [0.15, 0.2) is 0 Å². The number of nitrogens with one attached hydrogen (secondary N) is 1. The van der Waals surface area contributed by atoms with E-state index in [4.69, 9.17) is 5.11 Å². The highest BCUT2D eigenvalue weighted by Gasteiger charge is 2.29. The number of carbonyl (C=O) groups is 2. The van der Waals surface area contributed by atoms with Gasteiger partial charge in [-0.25, -0.2) is 4.79 Å². The smallest absolute Gasteiger partial charge is 0.317 e. The second-order valence-electron chi connectivity index (χ2n) is 3.54. The molecular formula is C9H16N2O3. The molecule has 0 aromatic heterocycles. The van der Waals surface area contributed by atoms with Crippen molar-refractivity contribution in [3.8, 4) is 0 Å². The first kappa shape index (κ1) is 10.8. The van der Waals surface area contributed by atoms with Crippen molar-refractivity contribution in [3.63, 3.8) is 0 Å². The Kier molecular flexibility index (Phi) is 3.73. The number of nitrogens with zero attached hydrogens (tertiary/aromatic N) is 1. The van der Waals surface area contributed by atoms with Crippen LogP contribution in [0.5, 0.6) is 0 Å². The third kappa shape index (κ3) is 2.90. The fourth-order valence-electron chi connectivity index (χ4n) is 1.53. The van der Waals surface area contributed by atoms with Crippen molar-refractivity contribution in [2.75, 3.05) is 13.1 Å². The Hall–Kier alpha value is -1.26. The van der Waals surface area contributed by atoms with Crippen molar-refractivity contribution in [2.45, 2.75) is 32.2 Å². The van der Waals surface area contributed by atoms with E-state index in [1.54, 1.807) is 4.90 Å². The van der Waals surface area contributed by atoms with E-state index in [0.717, 1.165) is 19.4 Å². The molecule has 0 radical (unpaired) electrons. The van der Waals surface area contributed by atoms with Crippen molar-refractivity contribution in [3.05, 3.63) is 0 Å². The number of hydrogen-bond donors (Lipinski definition) is 2. The van der Waals surface area contributed by atoms with Crippen LogP contribution in [0.1, 0.15) is 26.2 Å². The first-order valence-electron chi connectivity index (χ1n) is 4.90. The molecule has 0 saturated carbocycles. The molecule has 1 aliphatic heterocycles. The predicted molar refractivity (Wildman–Crippen MR) is 51.1 cm³/mol. The maximum absolute atomic E-state index is 11.3. The summed E-state index contributed by atoms with van der Waals surface area (Å²) < 4.78 is 0. The van der Waals surface area contributed by atoms with E-state index in [1.165, 1.54) is 0 Å². The number of carbonyl (C=O) groups excluding carboxylic acids is 1. The summed E-state index contributed by atoms with van der Waals surface area (Å²) in [6.07, 6.45) is 2.01. The fraction of sp³-hybridized carbons (Fsp3) is 0.778. The Balaban J connectivity index is 2.35. The lowest BCUT2D eigenvalue weighted by Crippen LogP contribution is -2.29. The Morgan fingerprint density at radius 2 is 2.43 bits per heavy atom. The minimum atomic E-state index is -0.868. The van der Waals surface area contributed by atoms with Crippen molar-refractivity contribution in [2.24, 2.45) is 0 Å². The van der Waals surface area contributed by atoms with Gasteiger partial charge in [0.1, 0.15) is 0 Å². The fourth-order valence-corrected chi connectivity index (χ4v) is 1.53. The van der Waals surface area contributed by atoms with Crippen molar-refractivity contribution in [1.29, 1.82) is 0 Å². The Morgan fingerprint density at radius 3 is 3.00 bits per heavy atom. The zero-order chi connectivity index (χ0) is 10.6. The highest BCUT2D eigenvalue weighted by Crippen LogP contribution is 2.08. The van der Waals surface area contributed by atoms with Crippen LogP contribution in [0.3, 0.4) is 0 Å². The van der Waals surface area contributed by atoms with Gasteiger partial charge in [0.2, 0.25) is 0 Å². The molecule has 5 nitrogen and oxygen atoms in total. The zero-order valence-corrected chi connectivity index (χ0v) is 8.32. The average molecular weight is 200 g/mol.